The van der Waals surface area contributed by atoms with Crippen molar-refractivity contribution < 1.29 is 14.7 Å². The first-order chi connectivity index (χ1) is 9.90. The molecule has 0 saturated heterocycles. The first kappa shape index (κ1) is 17.2. The Kier molecular flexibility index (Phi) is 6.88. The van der Waals surface area contributed by atoms with Crippen molar-refractivity contribution in [3.63, 3.8) is 0 Å². The summed E-state index contributed by atoms with van der Waals surface area (Å²) in [7, 11) is 0. The summed E-state index contributed by atoms with van der Waals surface area (Å²) in [5.41, 5.74) is 1.85. The number of nitrogens with zero attached hydrogens (tertiary/aromatic N) is 1. The van der Waals surface area contributed by atoms with E-state index in [1.54, 1.807) is 4.90 Å². The second-order valence-corrected chi connectivity index (χ2v) is 5.38. The Bertz CT molecular complexity index is 469. The van der Waals surface area contributed by atoms with Crippen LogP contribution in [0.1, 0.15) is 32.3 Å². The van der Waals surface area contributed by atoms with Crippen LogP contribution in [0.5, 0.6) is 0 Å². The van der Waals surface area contributed by atoms with E-state index >= 15 is 0 Å². The Labute approximate surface area is 126 Å². The maximum Gasteiger partial charge on any atom is 0.305 e. The predicted molar refractivity (Wildman–Crippen MR) is 83.5 cm³/mol. The molecule has 0 aromatic heterocycles. The van der Waals surface area contributed by atoms with Gasteiger partial charge in [0.15, 0.2) is 0 Å². The van der Waals surface area contributed by atoms with Crippen molar-refractivity contribution in [3.8, 4) is 0 Å². The highest BCUT2D eigenvalue weighted by Gasteiger charge is 2.16. The van der Waals surface area contributed by atoms with Crippen LogP contribution in [0, 0.1) is 6.92 Å². The fraction of sp³-hybridized carbons (Fsp3) is 0.500. The third-order valence-corrected chi connectivity index (χ3v) is 3.09. The number of carbonyl (C=O) groups excluding carboxylic acids is 1. The van der Waals surface area contributed by atoms with Gasteiger partial charge in [-0.1, -0.05) is 31.5 Å². The quantitative estimate of drug-likeness (QED) is 0.770. The minimum absolute atomic E-state index is 0.0583. The zero-order chi connectivity index (χ0) is 15.8. The van der Waals surface area contributed by atoms with Crippen LogP contribution in [-0.4, -0.2) is 36.1 Å². The summed E-state index contributed by atoms with van der Waals surface area (Å²) < 4.78 is 0. The lowest BCUT2D eigenvalue weighted by Gasteiger charge is -2.23. The predicted octanol–water partition coefficient (Wildman–Crippen LogP) is 2.19. The number of benzene rings is 1. The normalized spacial score (nSPS) is 10.7. The van der Waals surface area contributed by atoms with Crippen LogP contribution in [0.4, 0.5) is 5.69 Å². The number of anilines is 1. The molecule has 0 spiro atoms. The molecular weight excluding hydrogens is 268 g/mol. The van der Waals surface area contributed by atoms with Crippen molar-refractivity contribution in [2.45, 2.75) is 39.7 Å². The van der Waals surface area contributed by atoms with E-state index in [1.807, 2.05) is 45.0 Å². The van der Waals surface area contributed by atoms with Crippen molar-refractivity contribution in [2.75, 3.05) is 18.0 Å². The summed E-state index contributed by atoms with van der Waals surface area (Å²) in [5.74, 6) is -0.964. The van der Waals surface area contributed by atoms with E-state index in [4.69, 9.17) is 5.11 Å². The molecule has 5 nitrogen and oxygen atoms in total. The number of rotatable bonds is 8. The summed E-state index contributed by atoms with van der Waals surface area (Å²) in [6.07, 6.45) is 0.295. The van der Waals surface area contributed by atoms with Gasteiger partial charge < -0.3 is 15.3 Å². The molecule has 116 valence electrons. The van der Waals surface area contributed by atoms with E-state index in [1.165, 1.54) is 0 Å². The largest absolute Gasteiger partial charge is 0.481 e. The minimum atomic E-state index is -0.903. The fourth-order valence-corrected chi connectivity index (χ4v) is 1.93. The Hall–Kier alpha value is -1.88. The van der Waals surface area contributed by atoms with Gasteiger partial charge in [-0.2, -0.15) is 0 Å². The zero-order valence-electron chi connectivity index (χ0n) is 12.9. The monoisotopic (exact) mass is 292 g/mol. The smallest absolute Gasteiger partial charge is 0.305 e. The summed E-state index contributed by atoms with van der Waals surface area (Å²) in [5, 5.41) is 12.0. The third kappa shape index (κ3) is 6.40. The maximum absolute atomic E-state index is 12.3. The third-order valence-electron chi connectivity index (χ3n) is 3.09. The molecule has 21 heavy (non-hydrogen) atoms. The molecule has 0 bridgehead atoms. The lowest BCUT2D eigenvalue weighted by Crippen LogP contribution is -2.36. The molecule has 0 aliphatic carbocycles. The average Bonchev–Trinajstić information content (AvgIpc) is 2.40. The molecule has 5 heteroatoms. The van der Waals surface area contributed by atoms with Gasteiger partial charge in [0, 0.05) is 31.2 Å². The van der Waals surface area contributed by atoms with Crippen molar-refractivity contribution in [3.05, 3.63) is 29.8 Å². The van der Waals surface area contributed by atoms with Gasteiger partial charge in [0.05, 0.1) is 6.42 Å². The van der Waals surface area contributed by atoms with E-state index < -0.39 is 5.97 Å². The Balaban J connectivity index is 2.73. The number of carboxylic acids is 1. The number of hydrogen-bond acceptors (Lipinski definition) is 3. The number of aliphatic carboxylic acids is 1. The van der Waals surface area contributed by atoms with Crippen molar-refractivity contribution in [2.24, 2.45) is 0 Å². The molecule has 0 unspecified atom stereocenters. The summed E-state index contributed by atoms with van der Waals surface area (Å²) >= 11 is 0. The fourth-order valence-electron chi connectivity index (χ4n) is 1.93. The van der Waals surface area contributed by atoms with Crippen LogP contribution in [0.3, 0.4) is 0 Å². The van der Waals surface area contributed by atoms with Gasteiger partial charge in [-0.15, -0.1) is 0 Å². The molecule has 2 N–H and O–H groups in total. The lowest BCUT2D eigenvalue weighted by molar-refractivity contribution is -0.136. The van der Waals surface area contributed by atoms with E-state index in [0.717, 1.165) is 11.3 Å². The maximum atomic E-state index is 12.3. The number of nitrogens with one attached hydrogen (secondary N) is 1. The molecule has 1 amide bonds. The molecule has 1 rings (SSSR count). The topological polar surface area (TPSA) is 69.6 Å². The van der Waals surface area contributed by atoms with E-state index in [9.17, 15) is 9.59 Å². The molecule has 0 aliphatic rings. The van der Waals surface area contributed by atoms with E-state index in [-0.39, 0.29) is 18.9 Å². The highest BCUT2D eigenvalue weighted by atomic mass is 16.4. The van der Waals surface area contributed by atoms with Crippen LogP contribution < -0.4 is 10.2 Å². The van der Waals surface area contributed by atoms with Gasteiger partial charge in [-0.3, -0.25) is 9.59 Å². The summed E-state index contributed by atoms with van der Waals surface area (Å²) in [6, 6.07) is 7.87. The Morgan fingerprint density at radius 2 is 1.81 bits per heavy atom. The van der Waals surface area contributed by atoms with Gasteiger partial charge in [0.25, 0.3) is 0 Å². The van der Waals surface area contributed by atoms with Crippen LogP contribution >= 0.6 is 0 Å². The van der Waals surface area contributed by atoms with Gasteiger partial charge in [-0.25, -0.2) is 0 Å². The molecular formula is C16H24N2O3. The number of carboxylic acid groups (broad SMARTS) is 1. The van der Waals surface area contributed by atoms with Crippen molar-refractivity contribution >= 4 is 17.6 Å². The molecule has 0 fully saturated rings. The van der Waals surface area contributed by atoms with Gasteiger partial charge in [0.1, 0.15) is 0 Å². The lowest BCUT2D eigenvalue weighted by atomic mass is 10.2. The second-order valence-electron chi connectivity index (χ2n) is 5.38. The minimum Gasteiger partial charge on any atom is -0.481 e. The molecule has 0 aliphatic heterocycles. The summed E-state index contributed by atoms with van der Waals surface area (Å²) in [4.78, 5) is 24.6. The molecule has 0 atom stereocenters. The average molecular weight is 292 g/mol. The van der Waals surface area contributed by atoms with E-state index in [2.05, 4.69) is 5.32 Å². The van der Waals surface area contributed by atoms with Crippen LogP contribution in [0.15, 0.2) is 24.3 Å². The van der Waals surface area contributed by atoms with Gasteiger partial charge >= 0.3 is 5.97 Å². The molecule has 0 heterocycles. The van der Waals surface area contributed by atoms with Crippen molar-refractivity contribution in [1.82, 2.24) is 5.32 Å². The molecule has 0 radical (unpaired) electrons. The number of carbonyl (C=O) groups is 2. The SMILES string of the molecule is Cc1ccc(N(CCC(=O)O)C(=O)CCNC(C)C)cc1. The van der Waals surface area contributed by atoms with E-state index in [0.29, 0.717) is 19.0 Å². The molecule has 0 saturated carbocycles. The highest BCUT2D eigenvalue weighted by molar-refractivity contribution is 5.93. The Morgan fingerprint density at radius 1 is 1.19 bits per heavy atom. The number of amides is 1. The standard InChI is InChI=1S/C16H24N2O3/c1-12(2)17-10-8-15(19)18(11-9-16(20)21)14-6-4-13(3)5-7-14/h4-7,12,17H,8-11H2,1-3H3,(H,20,21). The molecule has 1 aromatic rings. The summed E-state index contributed by atoms with van der Waals surface area (Å²) in [6.45, 7) is 6.80. The first-order valence-electron chi connectivity index (χ1n) is 7.22. The zero-order valence-corrected chi connectivity index (χ0v) is 12.9. The van der Waals surface area contributed by atoms with Gasteiger partial charge in [-0.05, 0) is 19.1 Å². The number of hydrogen-bond donors (Lipinski definition) is 2. The van der Waals surface area contributed by atoms with Crippen molar-refractivity contribution in [1.29, 1.82) is 0 Å². The van der Waals surface area contributed by atoms with Crippen LogP contribution in [0.2, 0.25) is 0 Å². The van der Waals surface area contributed by atoms with Crippen LogP contribution in [-0.2, 0) is 9.59 Å². The number of aryl methyl sites for hydroxylation is 1. The second kappa shape index (κ2) is 8.42. The van der Waals surface area contributed by atoms with Crippen LogP contribution in [0.25, 0.3) is 0 Å². The Morgan fingerprint density at radius 3 is 2.33 bits per heavy atom. The highest BCUT2D eigenvalue weighted by Crippen LogP contribution is 2.16. The van der Waals surface area contributed by atoms with Gasteiger partial charge in [0.2, 0.25) is 5.91 Å². The molecule has 1 aromatic carbocycles. The first-order valence-corrected chi connectivity index (χ1v) is 7.22.